The molecule has 0 aromatic heterocycles. The van der Waals surface area contributed by atoms with E-state index in [9.17, 15) is 4.79 Å². The molecule has 2 rings (SSSR count). The fourth-order valence-corrected chi connectivity index (χ4v) is 4.10. The molecule has 0 aromatic rings. The summed E-state index contributed by atoms with van der Waals surface area (Å²) in [5.74, 6) is 0.815. The molecule has 2 saturated carbocycles. The zero-order valence-electron chi connectivity index (χ0n) is 14.2. The van der Waals surface area contributed by atoms with E-state index in [1.165, 1.54) is 25.7 Å². The molecule has 2 aliphatic carbocycles. The van der Waals surface area contributed by atoms with Gasteiger partial charge in [-0.15, -0.1) is 0 Å². The van der Waals surface area contributed by atoms with Crippen molar-refractivity contribution in [3.8, 4) is 0 Å². The standard InChI is InChI=1S/C17H32N2O2/c1-5-21-16(20)17(18-3)11-10-15(12-17)19(4)14-8-6-13(2)7-9-14/h13-15,18H,5-12H2,1-4H3. The van der Waals surface area contributed by atoms with Crippen molar-refractivity contribution in [1.29, 1.82) is 0 Å². The fraction of sp³-hybridized carbons (Fsp3) is 0.941. The monoisotopic (exact) mass is 296 g/mol. The van der Waals surface area contributed by atoms with Gasteiger partial charge in [-0.3, -0.25) is 4.79 Å². The lowest BCUT2D eigenvalue weighted by molar-refractivity contribution is -0.151. The summed E-state index contributed by atoms with van der Waals surface area (Å²) in [6.45, 7) is 4.70. The molecule has 0 saturated heterocycles. The third-order valence-corrected chi connectivity index (χ3v) is 5.77. The number of nitrogens with one attached hydrogen (secondary N) is 1. The molecule has 4 heteroatoms. The van der Waals surface area contributed by atoms with Gasteiger partial charge in [0.25, 0.3) is 0 Å². The van der Waals surface area contributed by atoms with Crippen molar-refractivity contribution in [3.05, 3.63) is 0 Å². The largest absolute Gasteiger partial charge is 0.465 e. The van der Waals surface area contributed by atoms with Crippen molar-refractivity contribution in [2.45, 2.75) is 76.4 Å². The van der Waals surface area contributed by atoms with Gasteiger partial charge in [0, 0.05) is 12.1 Å². The zero-order chi connectivity index (χ0) is 15.5. The molecule has 2 fully saturated rings. The van der Waals surface area contributed by atoms with Gasteiger partial charge >= 0.3 is 5.97 Å². The SMILES string of the molecule is CCOC(=O)C1(NC)CCC(N(C)C2CCC(C)CC2)C1. The van der Waals surface area contributed by atoms with E-state index in [1.54, 1.807) is 0 Å². The summed E-state index contributed by atoms with van der Waals surface area (Å²) in [5, 5.41) is 3.26. The van der Waals surface area contributed by atoms with Crippen molar-refractivity contribution in [3.63, 3.8) is 0 Å². The topological polar surface area (TPSA) is 41.6 Å². The first-order valence-electron chi connectivity index (χ1n) is 8.60. The minimum Gasteiger partial charge on any atom is -0.465 e. The highest BCUT2D eigenvalue weighted by Crippen LogP contribution is 2.36. The average molecular weight is 296 g/mol. The summed E-state index contributed by atoms with van der Waals surface area (Å²) in [4.78, 5) is 14.8. The Labute approximate surface area is 129 Å². The zero-order valence-corrected chi connectivity index (χ0v) is 14.2. The van der Waals surface area contributed by atoms with E-state index in [0.29, 0.717) is 18.7 Å². The Morgan fingerprint density at radius 3 is 2.48 bits per heavy atom. The van der Waals surface area contributed by atoms with E-state index in [1.807, 2.05) is 14.0 Å². The Morgan fingerprint density at radius 1 is 1.24 bits per heavy atom. The summed E-state index contributed by atoms with van der Waals surface area (Å²) in [6.07, 6.45) is 8.15. The minimum atomic E-state index is -0.461. The molecule has 0 aromatic carbocycles. The molecule has 122 valence electrons. The number of nitrogens with zero attached hydrogens (tertiary/aromatic N) is 1. The summed E-state index contributed by atoms with van der Waals surface area (Å²) in [6, 6.07) is 1.20. The Balaban J connectivity index is 1.95. The normalized spacial score (nSPS) is 36.9. The first-order chi connectivity index (χ1) is 10.0. The fourth-order valence-electron chi connectivity index (χ4n) is 4.10. The average Bonchev–Trinajstić information content (AvgIpc) is 2.93. The lowest BCUT2D eigenvalue weighted by Crippen LogP contribution is -2.51. The molecule has 21 heavy (non-hydrogen) atoms. The number of hydrogen-bond acceptors (Lipinski definition) is 4. The van der Waals surface area contributed by atoms with Crippen molar-refractivity contribution >= 4 is 5.97 Å². The molecule has 0 spiro atoms. The Kier molecular flexibility index (Phi) is 5.67. The molecule has 2 aliphatic rings. The number of likely N-dealkylation sites (N-methyl/N-ethyl adjacent to an activating group) is 1. The lowest BCUT2D eigenvalue weighted by atomic mass is 9.86. The second-order valence-electron chi connectivity index (χ2n) is 7.03. The first-order valence-corrected chi connectivity index (χ1v) is 8.60. The quantitative estimate of drug-likeness (QED) is 0.792. The number of carbonyl (C=O) groups is 1. The third kappa shape index (κ3) is 3.59. The number of esters is 1. The number of carbonyl (C=O) groups excluding carboxylic acids is 1. The maximum Gasteiger partial charge on any atom is 0.326 e. The molecule has 1 N–H and O–H groups in total. The molecule has 4 nitrogen and oxygen atoms in total. The second kappa shape index (κ2) is 7.10. The van der Waals surface area contributed by atoms with Gasteiger partial charge in [-0.05, 0) is 71.9 Å². The summed E-state index contributed by atoms with van der Waals surface area (Å²) in [5.41, 5.74) is -0.461. The van der Waals surface area contributed by atoms with Crippen molar-refractivity contribution in [2.24, 2.45) is 5.92 Å². The van der Waals surface area contributed by atoms with Gasteiger partial charge in [0.05, 0.1) is 6.61 Å². The van der Waals surface area contributed by atoms with Crippen LogP contribution in [0.5, 0.6) is 0 Å². The number of ether oxygens (including phenoxy) is 1. The molecule has 0 radical (unpaired) electrons. The maximum atomic E-state index is 12.3. The summed E-state index contributed by atoms with van der Waals surface area (Å²) < 4.78 is 5.29. The summed E-state index contributed by atoms with van der Waals surface area (Å²) >= 11 is 0. The van der Waals surface area contributed by atoms with E-state index < -0.39 is 5.54 Å². The van der Waals surface area contributed by atoms with Crippen molar-refractivity contribution < 1.29 is 9.53 Å². The van der Waals surface area contributed by atoms with Crippen LogP contribution in [0.1, 0.15) is 58.8 Å². The van der Waals surface area contributed by atoms with Crippen LogP contribution >= 0.6 is 0 Å². The lowest BCUT2D eigenvalue weighted by Gasteiger charge is -2.38. The van der Waals surface area contributed by atoms with Crippen LogP contribution in [0.4, 0.5) is 0 Å². The van der Waals surface area contributed by atoms with Gasteiger partial charge < -0.3 is 15.0 Å². The van der Waals surface area contributed by atoms with Crippen LogP contribution in [-0.4, -0.2) is 49.2 Å². The molecule has 0 heterocycles. The number of rotatable bonds is 5. The van der Waals surface area contributed by atoms with Crippen LogP contribution in [0, 0.1) is 5.92 Å². The smallest absolute Gasteiger partial charge is 0.326 e. The predicted octanol–water partition coefficient (Wildman–Crippen LogP) is 2.57. The van der Waals surface area contributed by atoms with Gasteiger partial charge in [-0.2, -0.15) is 0 Å². The van der Waals surface area contributed by atoms with Crippen molar-refractivity contribution in [1.82, 2.24) is 10.2 Å². The number of hydrogen-bond donors (Lipinski definition) is 1. The maximum absolute atomic E-state index is 12.3. The predicted molar refractivity (Wildman–Crippen MR) is 85.2 cm³/mol. The minimum absolute atomic E-state index is 0.0688. The van der Waals surface area contributed by atoms with Crippen molar-refractivity contribution in [2.75, 3.05) is 20.7 Å². The van der Waals surface area contributed by atoms with Crippen LogP contribution < -0.4 is 5.32 Å². The highest BCUT2D eigenvalue weighted by molar-refractivity contribution is 5.81. The van der Waals surface area contributed by atoms with E-state index in [0.717, 1.165) is 25.2 Å². The van der Waals surface area contributed by atoms with Crippen LogP contribution in [-0.2, 0) is 9.53 Å². The Bertz CT molecular complexity index is 353. The molecule has 0 amide bonds. The van der Waals surface area contributed by atoms with Crippen LogP contribution in [0.25, 0.3) is 0 Å². The van der Waals surface area contributed by atoms with Gasteiger partial charge in [0.1, 0.15) is 5.54 Å². The van der Waals surface area contributed by atoms with E-state index in [4.69, 9.17) is 4.74 Å². The van der Waals surface area contributed by atoms with Gasteiger partial charge in [0.2, 0.25) is 0 Å². The van der Waals surface area contributed by atoms with E-state index in [2.05, 4.69) is 24.2 Å². The highest BCUT2D eigenvalue weighted by atomic mass is 16.5. The summed E-state index contributed by atoms with van der Waals surface area (Å²) in [7, 11) is 4.14. The highest BCUT2D eigenvalue weighted by Gasteiger charge is 2.47. The molecular weight excluding hydrogens is 264 g/mol. The van der Waals surface area contributed by atoms with Gasteiger partial charge in [-0.1, -0.05) is 6.92 Å². The van der Waals surface area contributed by atoms with E-state index >= 15 is 0 Å². The molecule has 0 bridgehead atoms. The molecular formula is C17H32N2O2. The first kappa shape index (κ1) is 16.8. The molecule has 2 atom stereocenters. The third-order valence-electron chi connectivity index (χ3n) is 5.77. The molecule has 2 unspecified atom stereocenters. The van der Waals surface area contributed by atoms with Crippen LogP contribution in [0.3, 0.4) is 0 Å². The van der Waals surface area contributed by atoms with Gasteiger partial charge in [0.15, 0.2) is 0 Å². The van der Waals surface area contributed by atoms with Gasteiger partial charge in [-0.25, -0.2) is 0 Å². The molecule has 0 aliphatic heterocycles. The van der Waals surface area contributed by atoms with Crippen LogP contribution in [0.2, 0.25) is 0 Å². The second-order valence-corrected chi connectivity index (χ2v) is 7.03. The Hall–Kier alpha value is -0.610. The van der Waals surface area contributed by atoms with E-state index in [-0.39, 0.29) is 5.97 Å². The van der Waals surface area contributed by atoms with Crippen LogP contribution in [0.15, 0.2) is 0 Å². The Morgan fingerprint density at radius 2 is 1.90 bits per heavy atom.